The minimum absolute atomic E-state index is 0.183. The zero-order valence-corrected chi connectivity index (χ0v) is 16.5. The van der Waals surface area contributed by atoms with Crippen molar-refractivity contribution in [2.75, 3.05) is 44.8 Å². The normalized spacial score (nSPS) is 22.8. The molecule has 10 heteroatoms. The number of hydrogen-bond donors (Lipinski definition) is 1. The van der Waals surface area contributed by atoms with E-state index in [2.05, 4.69) is 14.9 Å². The molecular formula is C18H26N6O4. The zero-order chi connectivity index (χ0) is 20.1. The number of rotatable bonds is 4. The molecule has 1 unspecified atom stereocenters. The van der Waals surface area contributed by atoms with E-state index >= 15 is 0 Å². The minimum Gasteiger partial charge on any atom is -0.383 e. The monoisotopic (exact) mass is 390 g/mol. The average molecular weight is 390 g/mol. The summed E-state index contributed by atoms with van der Waals surface area (Å²) in [5.74, 6) is 0.794. The van der Waals surface area contributed by atoms with Crippen molar-refractivity contribution in [2.24, 2.45) is 19.5 Å². The van der Waals surface area contributed by atoms with Crippen molar-refractivity contribution in [3.05, 3.63) is 20.8 Å². The van der Waals surface area contributed by atoms with E-state index in [1.54, 1.807) is 25.8 Å². The van der Waals surface area contributed by atoms with Crippen molar-refractivity contribution < 1.29 is 9.53 Å². The Bertz CT molecular complexity index is 1040. The molecular weight excluding hydrogens is 364 g/mol. The number of fused-ring (bicyclic) bond motifs is 1. The van der Waals surface area contributed by atoms with E-state index in [9.17, 15) is 14.4 Å². The van der Waals surface area contributed by atoms with Gasteiger partial charge < -0.3 is 19.1 Å². The van der Waals surface area contributed by atoms with E-state index in [1.165, 1.54) is 4.57 Å². The Labute approximate surface area is 161 Å². The number of carbonyl (C=O) groups is 1. The summed E-state index contributed by atoms with van der Waals surface area (Å²) in [6, 6.07) is 0. The van der Waals surface area contributed by atoms with E-state index < -0.39 is 16.7 Å². The first kappa shape index (κ1) is 18.7. The molecule has 0 aromatic carbocycles. The average Bonchev–Trinajstić information content (AvgIpc) is 3.24. The Hall–Kier alpha value is -2.62. The third-order valence-corrected chi connectivity index (χ3v) is 6.14. The molecule has 1 atom stereocenters. The number of carbonyl (C=O) groups excluding carboxylic acids is 1. The predicted molar refractivity (Wildman–Crippen MR) is 104 cm³/mol. The Kier molecular flexibility index (Phi) is 4.53. The van der Waals surface area contributed by atoms with Crippen molar-refractivity contribution in [1.82, 2.24) is 24.0 Å². The maximum atomic E-state index is 13.2. The van der Waals surface area contributed by atoms with Crippen LogP contribution in [0.4, 0.5) is 5.95 Å². The lowest BCUT2D eigenvalue weighted by Gasteiger charge is -2.39. The minimum atomic E-state index is -0.490. The number of imidazole rings is 1. The zero-order valence-electron chi connectivity index (χ0n) is 16.5. The largest absolute Gasteiger partial charge is 0.383 e. The second kappa shape index (κ2) is 6.77. The van der Waals surface area contributed by atoms with Crippen LogP contribution in [0.3, 0.4) is 0 Å². The number of aromatic amines is 1. The van der Waals surface area contributed by atoms with Crippen LogP contribution >= 0.6 is 0 Å². The van der Waals surface area contributed by atoms with Gasteiger partial charge in [-0.25, -0.2) is 4.79 Å². The van der Waals surface area contributed by atoms with E-state index in [1.807, 2.05) is 4.90 Å². The number of amides is 1. The molecule has 0 radical (unpaired) electrons. The SMILES string of the molecule is COCCN1CCCC2(CCN(c3nc4c(c(=O)[nH]c(=O)n4C)n3C)C2)C1=O. The van der Waals surface area contributed by atoms with Gasteiger partial charge in [0, 0.05) is 47.4 Å². The number of aromatic nitrogens is 4. The second-order valence-corrected chi connectivity index (χ2v) is 7.80. The van der Waals surface area contributed by atoms with Gasteiger partial charge in [0.1, 0.15) is 0 Å². The van der Waals surface area contributed by atoms with Crippen molar-refractivity contribution >= 4 is 23.0 Å². The lowest BCUT2D eigenvalue weighted by atomic mass is 9.78. The van der Waals surface area contributed by atoms with E-state index in [0.717, 1.165) is 25.8 Å². The Morgan fingerprint density at radius 2 is 1.93 bits per heavy atom. The molecule has 2 saturated heterocycles. The van der Waals surface area contributed by atoms with Crippen LogP contribution in [0.15, 0.2) is 9.59 Å². The fraction of sp³-hybridized carbons (Fsp3) is 0.667. The molecule has 2 fully saturated rings. The van der Waals surface area contributed by atoms with Crippen LogP contribution in [0.2, 0.25) is 0 Å². The maximum absolute atomic E-state index is 13.2. The van der Waals surface area contributed by atoms with E-state index in [4.69, 9.17) is 4.74 Å². The van der Waals surface area contributed by atoms with Crippen molar-refractivity contribution in [2.45, 2.75) is 19.3 Å². The molecule has 0 aliphatic carbocycles. The van der Waals surface area contributed by atoms with Crippen molar-refractivity contribution in [3.63, 3.8) is 0 Å². The molecule has 2 aliphatic rings. The number of anilines is 1. The van der Waals surface area contributed by atoms with Crippen LogP contribution in [-0.4, -0.2) is 69.8 Å². The van der Waals surface area contributed by atoms with Crippen molar-refractivity contribution in [1.29, 1.82) is 0 Å². The highest BCUT2D eigenvalue weighted by Crippen LogP contribution is 2.41. The number of hydrogen-bond acceptors (Lipinski definition) is 6. The fourth-order valence-corrected chi connectivity index (χ4v) is 4.57. The number of likely N-dealkylation sites (tertiary alicyclic amines) is 1. The Balaban J connectivity index is 1.66. The van der Waals surface area contributed by atoms with Crippen LogP contribution < -0.4 is 16.1 Å². The highest BCUT2D eigenvalue weighted by Gasteiger charge is 2.49. The molecule has 1 amide bonds. The van der Waals surface area contributed by atoms with Crippen LogP contribution in [0.1, 0.15) is 19.3 Å². The van der Waals surface area contributed by atoms with Gasteiger partial charge >= 0.3 is 5.69 Å². The number of piperidine rings is 1. The number of aryl methyl sites for hydroxylation is 2. The van der Waals surface area contributed by atoms with E-state index in [0.29, 0.717) is 43.4 Å². The fourth-order valence-electron chi connectivity index (χ4n) is 4.57. The van der Waals surface area contributed by atoms with Crippen LogP contribution in [-0.2, 0) is 23.6 Å². The molecule has 0 saturated carbocycles. The number of methoxy groups -OCH3 is 1. The number of nitrogens with one attached hydrogen (secondary N) is 1. The topological polar surface area (TPSA) is 105 Å². The molecule has 0 bridgehead atoms. The van der Waals surface area contributed by atoms with Crippen LogP contribution in [0, 0.1) is 5.41 Å². The molecule has 1 spiro atoms. The molecule has 4 heterocycles. The Morgan fingerprint density at radius 3 is 2.68 bits per heavy atom. The molecule has 28 heavy (non-hydrogen) atoms. The maximum Gasteiger partial charge on any atom is 0.329 e. The first-order valence-corrected chi connectivity index (χ1v) is 9.57. The predicted octanol–water partition coefficient (Wildman–Crippen LogP) is -0.574. The molecule has 152 valence electrons. The number of H-pyrrole nitrogens is 1. The molecule has 2 aliphatic heterocycles. The summed E-state index contributed by atoms with van der Waals surface area (Å²) in [5, 5.41) is 0. The van der Waals surface area contributed by atoms with Gasteiger partial charge in [-0.3, -0.25) is 19.1 Å². The summed E-state index contributed by atoms with van der Waals surface area (Å²) < 4.78 is 8.19. The standard InChI is InChI=1S/C18H26N6O4/c1-21-12-13(22(2)17(27)20-14(12)25)19-16(21)24-8-6-18(11-24)5-4-7-23(15(18)26)9-10-28-3/h4-11H2,1-3H3,(H,20,25,27). The summed E-state index contributed by atoms with van der Waals surface area (Å²) in [7, 11) is 4.99. The quantitative estimate of drug-likeness (QED) is 0.749. The van der Waals surface area contributed by atoms with Gasteiger partial charge in [0.2, 0.25) is 11.9 Å². The highest BCUT2D eigenvalue weighted by molar-refractivity contribution is 5.85. The van der Waals surface area contributed by atoms with Gasteiger partial charge in [-0.1, -0.05) is 0 Å². The smallest absolute Gasteiger partial charge is 0.329 e. The first-order valence-electron chi connectivity index (χ1n) is 9.57. The van der Waals surface area contributed by atoms with E-state index in [-0.39, 0.29) is 5.91 Å². The van der Waals surface area contributed by atoms with Gasteiger partial charge in [-0.05, 0) is 19.3 Å². The number of ether oxygens (including phenoxy) is 1. The molecule has 2 aromatic rings. The van der Waals surface area contributed by atoms with Gasteiger partial charge in [-0.15, -0.1) is 0 Å². The molecule has 1 N–H and O–H groups in total. The summed E-state index contributed by atoms with van der Waals surface area (Å²) in [6.45, 7) is 3.17. The third-order valence-electron chi connectivity index (χ3n) is 6.14. The van der Waals surface area contributed by atoms with Crippen LogP contribution in [0.25, 0.3) is 11.2 Å². The molecule has 4 rings (SSSR count). The van der Waals surface area contributed by atoms with Gasteiger partial charge in [0.25, 0.3) is 5.56 Å². The van der Waals surface area contributed by atoms with Crippen LogP contribution in [0.5, 0.6) is 0 Å². The van der Waals surface area contributed by atoms with Gasteiger partial charge in [0.15, 0.2) is 11.2 Å². The Morgan fingerprint density at radius 1 is 1.14 bits per heavy atom. The summed E-state index contributed by atoms with van der Waals surface area (Å²) >= 11 is 0. The highest BCUT2D eigenvalue weighted by atomic mass is 16.5. The summed E-state index contributed by atoms with van der Waals surface area (Å²) in [4.78, 5) is 48.2. The lowest BCUT2D eigenvalue weighted by molar-refractivity contribution is -0.145. The first-order chi connectivity index (χ1) is 13.4. The number of nitrogens with zero attached hydrogens (tertiary/aromatic N) is 5. The van der Waals surface area contributed by atoms with Gasteiger partial charge in [0.05, 0.1) is 12.0 Å². The summed E-state index contributed by atoms with van der Waals surface area (Å²) in [6.07, 6.45) is 2.59. The molecule has 10 nitrogen and oxygen atoms in total. The molecule has 2 aromatic heterocycles. The lowest BCUT2D eigenvalue weighted by Crippen LogP contribution is -2.51. The van der Waals surface area contributed by atoms with Crippen molar-refractivity contribution in [3.8, 4) is 0 Å². The third kappa shape index (κ3) is 2.74. The van der Waals surface area contributed by atoms with Gasteiger partial charge in [-0.2, -0.15) is 4.98 Å². The second-order valence-electron chi connectivity index (χ2n) is 7.80. The summed E-state index contributed by atoms with van der Waals surface area (Å²) in [5.41, 5.74) is -0.648.